The van der Waals surface area contributed by atoms with Crippen LogP contribution in [0.1, 0.15) is 18.1 Å². The van der Waals surface area contributed by atoms with Crippen LogP contribution in [-0.4, -0.2) is 21.0 Å². The topological polar surface area (TPSA) is 102 Å². The Balaban J connectivity index is 2.39. The van der Waals surface area contributed by atoms with Crippen LogP contribution in [0.2, 0.25) is 10.0 Å². The molecular formula is C20H18Cl2FN3O3S. The Bertz CT molecular complexity index is 1160. The molecule has 10 heteroatoms. The van der Waals surface area contributed by atoms with Crippen molar-refractivity contribution in [2.24, 2.45) is 10.1 Å². The van der Waals surface area contributed by atoms with Gasteiger partial charge in [-0.3, -0.25) is 9.79 Å². The first-order valence-corrected chi connectivity index (χ1v) is 10.7. The highest BCUT2D eigenvalue weighted by Crippen LogP contribution is 2.28. The van der Waals surface area contributed by atoms with Gasteiger partial charge in [0.2, 0.25) is 15.9 Å². The van der Waals surface area contributed by atoms with Gasteiger partial charge in [-0.2, -0.15) is 0 Å². The number of hydrogen-bond donors (Lipinski definition) is 2. The number of benzene rings is 2. The molecule has 0 saturated heterocycles. The maximum Gasteiger partial charge on any atom is 0.238 e. The summed E-state index contributed by atoms with van der Waals surface area (Å²) in [5, 5.41) is 8.68. The summed E-state index contributed by atoms with van der Waals surface area (Å²) in [4.78, 5) is 15.6. The molecule has 0 radical (unpaired) electrons. The van der Waals surface area contributed by atoms with Gasteiger partial charge in [-0.25, -0.2) is 17.9 Å². The van der Waals surface area contributed by atoms with Crippen LogP contribution in [0.25, 0.3) is 5.57 Å². The SMILES string of the molecule is C=N/C=C(\C=C(/C)F)c1ccc(NC(=O)Cc2ccc(Cl)cc2Cl)cc1S(N)(=O)=O. The molecule has 0 aromatic heterocycles. The fourth-order valence-electron chi connectivity index (χ4n) is 2.61. The summed E-state index contributed by atoms with van der Waals surface area (Å²) in [6.07, 6.45) is 2.24. The van der Waals surface area contributed by atoms with Crippen LogP contribution in [0.15, 0.2) is 64.4 Å². The van der Waals surface area contributed by atoms with E-state index in [4.69, 9.17) is 28.3 Å². The molecule has 1 amide bonds. The predicted molar refractivity (Wildman–Crippen MR) is 119 cm³/mol. The smallest absolute Gasteiger partial charge is 0.238 e. The van der Waals surface area contributed by atoms with E-state index in [-0.39, 0.29) is 28.1 Å². The van der Waals surface area contributed by atoms with E-state index in [9.17, 15) is 17.6 Å². The lowest BCUT2D eigenvalue weighted by atomic mass is 10.1. The molecule has 0 aliphatic carbocycles. The monoisotopic (exact) mass is 469 g/mol. The van der Waals surface area contributed by atoms with Crippen molar-refractivity contribution in [1.29, 1.82) is 0 Å². The van der Waals surface area contributed by atoms with Gasteiger partial charge in [0.15, 0.2) is 0 Å². The van der Waals surface area contributed by atoms with Gasteiger partial charge in [0.1, 0.15) is 0 Å². The number of nitrogens with zero attached hydrogens (tertiary/aromatic N) is 1. The number of aliphatic imine (C=N–C) groups is 1. The van der Waals surface area contributed by atoms with Crippen molar-refractivity contribution in [2.75, 3.05) is 5.32 Å². The lowest BCUT2D eigenvalue weighted by Gasteiger charge is -2.12. The molecule has 0 bridgehead atoms. The molecule has 2 aromatic carbocycles. The van der Waals surface area contributed by atoms with E-state index < -0.39 is 21.8 Å². The minimum atomic E-state index is -4.20. The second-order valence-corrected chi connectivity index (χ2v) is 8.59. The highest BCUT2D eigenvalue weighted by atomic mass is 35.5. The molecule has 3 N–H and O–H groups in total. The number of hydrogen-bond acceptors (Lipinski definition) is 4. The molecule has 2 rings (SSSR count). The van der Waals surface area contributed by atoms with Gasteiger partial charge in [0.05, 0.1) is 17.1 Å². The molecule has 0 heterocycles. The molecule has 158 valence electrons. The fourth-order valence-corrected chi connectivity index (χ4v) is 3.87. The maximum absolute atomic E-state index is 13.4. The number of allylic oxidation sites excluding steroid dienone is 3. The van der Waals surface area contributed by atoms with Crippen molar-refractivity contribution in [3.05, 3.63) is 75.7 Å². The molecule has 0 spiro atoms. The minimum Gasteiger partial charge on any atom is -0.326 e. The normalized spacial score (nSPS) is 12.6. The van der Waals surface area contributed by atoms with Crippen molar-refractivity contribution in [3.8, 4) is 0 Å². The van der Waals surface area contributed by atoms with Crippen LogP contribution < -0.4 is 10.5 Å². The number of amides is 1. The van der Waals surface area contributed by atoms with E-state index in [1.54, 1.807) is 12.1 Å². The van der Waals surface area contributed by atoms with Gasteiger partial charge in [0, 0.05) is 33.1 Å². The molecule has 0 atom stereocenters. The van der Waals surface area contributed by atoms with Crippen molar-refractivity contribution in [3.63, 3.8) is 0 Å². The molecule has 6 nitrogen and oxygen atoms in total. The molecule has 0 aliphatic heterocycles. The zero-order valence-electron chi connectivity index (χ0n) is 15.8. The zero-order valence-corrected chi connectivity index (χ0v) is 18.2. The number of carbonyl (C=O) groups excluding carboxylic acids is 1. The van der Waals surface area contributed by atoms with Crippen LogP contribution in [0.5, 0.6) is 0 Å². The molecule has 0 saturated carbocycles. The highest BCUT2D eigenvalue weighted by Gasteiger charge is 2.18. The van der Waals surface area contributed by atoms with Crippen molar-refractivity contribution >= 4 is 57.1 Å². The average molecular weight is 470 g/mol. The summed E-state index contributed by atoms with van der Waals surface area (Å²) in [5.74, 6) is -1.00. The maximum atomic E-state index is 13.4. The van der Waals surface area contributed by atoms with Crippen LogP contribution >= 0.6 is 23.2 Å². The Morgan fingerprint density at radius 1 is 1.27 bits per heavy atom. The number of primary sulfonamides is 1. The highest BCUT2D eigenvalue weighted by molar-refractivity contribution is 7.89. The van der Waals surface area contributed by atoms with E-state index in [2.05, 4.69) is 17.0 Å². The Hall–Kier alpha value is -2.52. The second kappa shape index (κ2) is 9.99. The van der Waals surface area contributed by atoms with Gasteiger partial charge in [-0.05, 0) is 49.5 Å². The fraction of sp³-hybridized carbons (Fsp3) is 0.100. The molecular weight excluding hydrogens is 452 g/mol. The van der Waals surface area contributed by atoms with Gasteiger partial charge >= 0.3 is 0 Å². The Morgan fingerprint density at radius 3 is 2.53 bits per heavy atom. The Kier molecular flexibility index (Phi) is 7.91. The summed E-state index contributed by atoms with van der Waals surface area (Å²) in [7, 11) is -4.20. The number of carbonyl (C=O) groups is 1. The predicted octanol–water partition coefficient (Wildman–Crippen LogP) is 4.74. The molecule has 30 heavy (non-hydrogen) atoms. The number of nitrogens with two attached hydrogens (primary N) is 1. The minimum absolute atomic E-state index is 0.0578. The first-order chi connectivity index (χ1) is 14.0. The van der Waals surface area contributed by atoms with E-state index in [0.29, 0.717) is 15.6 Å². The summed E-state index contributed by atoms with van der Waals surface area (Å²) in [5.41, 5.74) is 0.998. The first-order valence-electron chi connectivity index (χ1n) is 8.42. The molecule has 0 unspecified atom stereocenters. The molecule has 2 aromatic rings. The largest absolute Gasteiger partial charge is 0.326 e. The van der Waals surface area contributed by atoms with E-state index in [1.165, 1.54) is 37.4 Å². The van der Waals surface area contributed by atoms with E-state index >= 15 is 0 Å². The lowest BCUT2D eigenvalue weighted by Crippen LogP contribution is -2.17. The third-order valence-electron chi connectivity index (χ3n) is 3.83. The van der Waals surface area contributed by atoms with Gasteiger partial charge in [0.25, 0.3) is 0 Å². The number of anilines is 1. The third-order valence-corrected chi connectivity index (χ3v) is 5.37. The number of halogens is 3. The number of rotatable bonds is 7. The summed E-state index contributed by atoms with van der Waals surface area (Å²) in [6, 6.07) is 8.77. The third kappa shape index (κ3) is 6.50. The average Bonchev–Trinajstić information content (AvgIpc) is 2.62. The second-order valence-electron chi connectivity index (χ2n) is 6.21. The first kappa shape index (κ1) is 23.8. The summed E-state index contributed by atoms with van der Waals surface area (Å²) in [6.45, 7) is 4.50. The van der Waals surface area contributed by atoms with Gasteiger partial charge in [-0.15, -0.1) is 0 Å². The van der Waals surface area contributed by atoms with Crippen molar-refractivity contribution < 1.29 is 17.6 Å². The van der Waals surface area contributed by atoms with Crippen molar-refractivity contribution in [1.82, 2.24) is 0 Å². The zero-order chi connectivity index (χ0) is 22.5. The summed E-state index contributed by atoms with van der Waals surface area (Å²) < 4.78 is 37.6. The van der Waals surface area contributed by atoms with Gasteiger partial charge in [-0.1, -0.05) is 35.3 Å². The van der Waals surface area contributed by atoms with Crippen LogP contribution in [-0.2, 0) is 21.2 Å². The van der Waals surface area contributed by atoms with Crippen LogP contribution in [0.4, 0.5) is 10.1 Å². The molecule has 0 fully saturated rings. The van der Waals surface area contributed by atoms with Crippen LogP contribution in [0.3, 0.4) is 0 Å². The Labute approximate surface area is 184 Å². The number of sulfonamides is 1. The lowest BCUT2D eigenvalue weighted by molar-refractivity contribution is -0.115. The summed E-state index contributed by atoms with van der Waals surface area (Å²) >= 11 is 11.9. The standard InChI is InChI=1S/C20H18Cl2FN3O3S/c1-12(23)7-14(11-25-2)17-6-5-16(10-19(17)30(24,28)29)26-20(27)8-13-3-4-15(21)9-18(13)22/h3-7,9-11H,2,8H2,1H3,(H,26,27)(H2,24,28,29)/b12-7+,14-11+. The van der Waals surface area contributed by atoms with Gasteiger partial charge < -0.3 is 5.32 Å². The quantitative estimate of drug-likeness (QED) is 0.452. The number of nitrogens with one attached hydrogen (secondary N) is 1. The van der Waals surface area contributed by atoms with E-state index in [1.807, 2.05) is 0 Å². The van der Waals surface area contributed by atoms with E-state index in [0.717, 1.165) is 6.08 Å². The Morgan fingerprint density at radius 2 is 1.97 bits per heavy atom. The van der Waals surface area contributed by atoms with Crippen molar-refractivity contribution in [2.45, 2.75) is 18.2 Å². The molecule has 0 aliphatic rings. The van der Waals surface area contributed by atoms with Crippen LogP contribution in [0, 0.1) is 0 Å².